The number of nitrogen functional groups attached to an aromatic ring is 1. The summed E-state index contributed by atoms with van der Waals surface area (Å²) in [7, 11) is 0. The molecule has 0 aliphatic carbocycles. The Morgan fingerprint density at radius 1 is 1.20 bits per heavy atom. The number of carbonyl (C=O) groups is 1. The molecule has 1 aromatic carbocycles. The number of carbonyl (C=O) groups excluding carboxylic acids is 1. The first kappa shape index (κ1) is 13.8. The zero-order valence-electron chi connectivity index (χ0n) is 11.3. The fourth-order valence-electron chi connectivity index (χ4n) is 1.62. The molecule has 0 spiro atoms. The summed E-state index contributed by atoms with van der Waals surface area (Å²) >= 11 is 0. The molecule has 0 saturated heterocycles. The maximum atomic E-state index is 11.8. The molecule has 0 fully saturated rings. The van der Waals surface area contributed by atoms with Crippen molar-refractivity contribution in [3.05, 3.63) is 47.7 Å². The molecule has 6 heteroatoms. The summed E-state index contributed by atoms with van der Waals surface area (Å²) in [5.74, 6) is 0.765. The summed E-state index contributed by atoms with van der Waals surface area (Å²) < 4.78 is 0. The van der Waals surface area contributed by atoms with Gasteiger partial charge in [0.25, 0.3) is 5.91 Å². The third-order valence-electron chi connectivity index (χ3n) is 2.68. The Labute approximate surface area is 117 Å². The summed E-state index contributed by atoms with van der Waals surface area (Å²) in [6.07, 6.45) is 1.58. The van der Waals surface area contributed by atoms with Crippen LogP contribution in [0.2, 0.25) is 0 Å². The van der Waals surface area contributed by atoms with Crippen LogP contribution in [0.25, 0.3) is 0 Å². The maximum absolute atomic E-state index is 11.8. The quantitative estimate of drug-likeness (QED) is 0.711. The third-order valence-corrected chi connectivity index (χ3v) is 2.68. The minimum atomic E-state index is -0.0970. The van der Waals surface area contributed by atoms with Gasteiger partial charge in [0.15, 0.2) is 0 Å². The molecule has 0 radical (unpaired) electrons. The second-order valence-corrected chi connectivity index (χ2v) is 4.35. The summed E-state index contributed by atoms with van der Waals surface area (Å²) in [4.78, 5) is 19.8. The van der Waals surface area contributed by atoms with Gasteiger partial charge in [0.2, 0.25) is 5.95 Å². The number of anilines is 2. The number of hydrogen-bond acceptors (Lipinski definition) is 5. The number of rotatable bonds is 5. The minimum Gasteiger partial charge on any atom is -0.384 e. The first-order valence-corrected chi connectivity index (χ1v) is 6.32. The average molecular weight is 271 g/mol. The Morgan fingerprint density at radius 2 is 1.95 bits per heavy atom. The Balaban J connectivity index is 1.76. The summed E-state index contributed by atoms with van der Waals surface area (Å²) in [5.41, 5.74) is 7.31. The summed E-state index contributed by atoms with van der Waals surface area (Å²) in [5, 5.41) is 5.80. The average Bonchev–Trinajstić information content (AvgIpc) is 2.44. The van der Waals surface area contributed by atoms with Crippen LogP contribution in [0, 0.1) is 6.92 Å². The molecule has 4 N–H and O–H groups in total. The van der Waals surface area contributed by atoms with Gasteiger partial charge in [-0.15, -0.1) is 0 Å². The molecule has 1 heterocycles. The van der Waals surface area contributed by atoms with E-state index in [9.17, 15) is 4.79 Å². The van der Waals surface area contributed by atoms with Crippen molar-refractivity contribution in [2.45, 2.75) is 6.92 Å². The number of hydrogen-bond donors (Lipinski definition) is 3. The monoisotopic (exact) mass is 271 g/mol. The molecule has 20 heavy (non-hydrogen) atoms. The number of amides is 1. The molecule has 104 valence electrons. The van der Waals surface area contributed by atoms with Crippen molar-refractivity contribution < 1.29 is 4.79 Å². The van der Waals surface area contributed by atoms with E-state index in [1.807, 2.05) is 19.1 Å². The second-order valence-electron chi connectivity index (χ2n) is 4.35. The van der Waals surface area contributed by atoms with E-state index in [2.05, 4.69) is 20.6 Å². The van der Waals surface area contributed by atoms with E-state index < -0.39 is 0 Å². The number of nitrogens with one attached hydrogen (secondary N) is 2. The van der Waals surface area contributed by atoms with Crippen LogP contribution >= 0.6 is 0 Å². The van der Waals surface area contributed by atoms with E-state index in [1.54, 1.807) is 24.4 Å². The lowest BCUT2D eigenvalue weighted by Gasteiger charge is -2.07. The smallest absolute Gasteiger partial charge is 0.251 e. The Hall–Kier alpha value is -2.63. The van der Waals surface area contributed by atoms with E-state index in [4.69, 9.17) is 5.73 Å². The molecular formula is C14H17N5O. The van der Waals surface area contributed by atoms with Crippen molar-refractivity contribution in [3.63, 3.8) is 0 Å². The van der Waals surface area contributed by atoms with Gasteiger partial charge in [0.05, 0.1) is 0 Å². The molecule has 0 unspecified atom stereocenters. The van der Waals surface area contributed by atoms with Crippen LogP contribution in [0.1, 0.15) is 15.9 Å². The largest absolute Gasteiger partial charge is 0.384 e. The normalized spacial score (nSPS) is 10.1. The molecule has 1 aromatic heterocycles. The molecule has 0 aliphatic rings. The van der Waals surface area contributed by atoms with E-state index in [0.717, 1.165) is 5.56 Å². The van der Waals surface area contributed by atoms with Crippen LogP contribution in [-0.4, -0.2) is 29.0 Å². The standard InChI is InChI=1S/C14H17N5O/c1-10-2-4-11(5-3-10)13(20)16-8-9-18-14-17-7-6-12(15)19-14/h2-7H,8-9H2,1H3,(H,16,20)(H3,15,17,18,19). The first-order chi connectivity index (χ1) is 9.65. The van der Waals surface area contributed by atoms with Gasteiger partial charge in [0.1, 0.15) is 5.82 Å². The van der Waals surface area contributed by atoms with Crippen molar-refractivity contribution in [2.75, 3.05) is 24.1 Å². The topological polar surface area (TPSA) is 92.9 Å². The Kier molecular flexibility index (Phi) is 4.49. The maximum Gasteiger partial charge on any atom is 0.251 e. The molecule has 2 rings (SSSR count). The van der Waals surface area contributed by atoms with Crippen LogP contribution in [0.3, 0.4) is 0 Å². The highest BCUT2D eigenvalue weighted by atomic mass is 16.1. The molecule has 0 aliphatic heterocycles. The summed E-state index contributed by atoms with van der Waals surface area (Å²) in [6.45, 7) is 2.99. The fourth-order valence-corrected chi connectivity index (χ4v) is 1.62. The van der Waals surface area contributed by atoms with Crippen molar-refractivity contribution >= 4 is 17.7 Å². The van der Waals surface area contributed by atoms with Gasteiger partial charge in [-0.1, -0.05) is 17.7 Å². The molecule has 0 saturated carbocycles. The first-order valence-electron chi connectivity index (χ1n) is 6.32. The van der Waals surface area contributed by atoms with E-state index in [-0.39, 0.29) is 5.91 Å². The highest BCUT2D eigenvalue weighted by Crippen LogP contribution is 2.03. The Morgan fingerprint density at radius 3 is 2.65 bits per heavy atom. The molecule has 6 nitrogen and oxygen atoms in total. The third kappa shape index (κ3) is 3.94. The molecule has 0 atom stereocenters. The Bertz CT molecular complexity index is 582. The SMILES string of the molecule is Cc1ccc(C(=O)NCCNc2nccc(N)n2)cc1. The van der Waals surface area contributed by atoms with Gasteiger partial charge >= 0.3 is 0 Å². The zero-order chi connectivity index (χ0) is 14.4. The van der Waals surface area contributed by atoms with Crippen molar-refractivity contribution in [1.29, 1.82) is 0 Å². The lowest BCUT2D eigenvalue weighted by molar-refractivity contribution is 0.0955. The van der Waals surface area contributed by atoms with Gasteiger partial charge in [-0.2, -0.15) is 4.98 Å². The van der Waals surface area contributed by atoms with E-state index in [1.165, 1.54) is 0 Å². The predicted molar refractivity (Wildman–Crippen MR) is 78.4 cm³/mol. The van der Waals surface area contributed by atoms with Crippen molar-refractivity contribution in [2.24, 2.45) is 0 Å². The van der Waals surface area contributed by atoms with Crippen LogP contribution in [0.4, 0.5) is 11.8 Å². The molecule has 2 aromatic rings. The van der Waals surface area contributed by atoms with Gasteiger partial charge in [-0.05, 0) is 25.1 Å². The van der Waals surface area contributed by atoms with Crippen molar-refractivity contribution in [3.8, 4) is 0 Å². The highest BCUT2D eigenvalue weighted by Gasteiger charge is 2.03. The minimum absolute atomic E-state index is 0.0970. The van der Waals surface area contributed by atoms with Gasteiger partial charge in [-0.25, -0.2) is 4.98 Å². The second kappa shape index (κ2) is 6.51. The zero-order valence-corrected chi connectivity index (χ0v) is 11.3. The van der Waals surface area contributed by atoms with Crippen LogP contribution in [0.15, 0.2) is 36.5 Å². The summed E-state index contributed by atoms with van der Waals surface area (Å²) in [6, 6.07) is 9.05. The number of benzene rings is 1. The number of nitrogens with zero attached hydrogens (tertiary/aromatic N) is 2. The fraction of sp³-hybridized carbons (Fsp3) is 0.214. The van der Waals surface area contributed by atoms with Crippen molar-refractivity contribution in [1.82, 2.24) is 15.3 Å². The van der Waals surface area contributed by atoms with Gasteiger partial charge in [0, 0.05) is 24.8 Å². The predicted octanol–water partition coefficient (Wildman–Crippen LogP) is 1.21. The molecule has 0 bridgehead atoms. The van der Waals surface area contributed by atoms with Crippen LogP contribution in [0.5, 0.6) is 0 Å². The lowest BCUT2D eigenvalue weighted by atomic mass is 10.1. The van der Waals surface area contributed by atoms with Gasteiger partial charge in [-0.3, -0.25) is 4.79 Å². The number of aryl methyl sites for hydroxylation is 1. The number of aromatic nitrogens is 2. The van der Waals surface area contributed by atoms with E-state index >= 15 is 0 Å². The van der Waals surface area contributed by atoms with Crippen LogP contribution < -0.4 is 16.4 Å². The lowest BCUT2D eigenvalue weighted by Crippen LogP contribution is -2.29. The van der Waals surface area contributed by atoms with E-state index in [0.29, 0.717) is 30.4 Å². The molecular weight excluding hydrogens is 254 g/mol. The number of nitrogens with two attached hydrogens (primary N) is 1. The van der Waals surface area contributed by atoms with Crippen LogP contribution in [-0.2, 0) is 0 Å². The molecule has 1 amide bonds. The highest BCUT2D eigenvalue weighted by molar-refractivity contribution is 5.94. The van der Waals surface area contributed by atoms with Gasteiger partial charge < -0.3 is 16.4 Å².